The minimum absolute atomic E-state index is 0.0166. The lowest BCUT2D eigenvalue weighted by atomic mass is 10.1. The molecule has 4 nitrogen and oxygen atoms in total. The molecule has 1 rings (SSSR count). The van der Waals surface area contributed by atoms with Gasteiger partial charge in [-0.2, -0.15) is 0 Å². The van der Waals surface area contributed by atoms with E-state index < -0.39 is 0 Å². The maximum atomic E-state index is 11.9. The van der Waals surface area contributed by atoms with E-state index in [1.54, 1.807) is 7.11 Å². The monoisotopic (exact) mass is 342 g/mol. The summed E-state index contributed by atoms with van der Waals surface area (Å²) in [5, 5.41) is 6.19. The Labute approximate surface area is 129 Å². The van der Waals surface area contributed by atoms with E-state index in [-0.39, 0.29) is 18.0 Å². The summed E-state index contributed by atoms with van der Waals surface area (Å²) in [6.07, 6.45) is 0.830. The quantitative estimate of drug-likeness (QED) is 0.714. The van der Waals surface area contributed by atoms with Crippen molar-refractivity contribution >= 4 is 21.8 Å². The van der Waals surface area contributed by atoms with Gasteiger partial charge < -0.3 is 10.1 Å². The molecule has 2 N–H and O–H groups in total. The minimum Gasteiger partial charge on any atom is -0.385 e. The van der Waals surface area contributed by atoms with Gasteiger partial charge in [0, 0.05) is 30.8 Å². The third-order valence-electron chi connectivity index (χ3n) is 3.07. The number of ether oxygens (including phenoxy) is 1. The van der Waals surface area contributed by atoms with E-state index >= 15 is 0 Å². The Morgan fingerprint density at radius 3 is 2.80 bits per heavy atom. The third kappa shape index (κ3) is 6.03. The van der Waals surface area contributed by atoms with Gasteiger partial charge in [-0.25, -0.2) is 0 Å². The minimum atomic E-state index is -0.230. The molecule has 0 aliphatic rings. The molecule has 20 heavy (non-hydrogen) atoms. The standard InChI is InChI=1S/C15H23BrN2O2/c1-11(13-6-4-7-14(16)10-13)18-12(2)15(19)17-8-5-9-20-3/h4,6-7,10-12,18H,5,8-9H2,1-3H3,(H,17,19). The number of amides is 1. The first-order valence-electron chi connectivity index (χ1n) is 6.82. The van der Waals surface area contributed by atoms with Gasteiger partial charge in [0.15, 0.2) is 0 Å². The molecule has 5 heteroatoms. The summed E-state index contributed by atoms with van der Waals surface area (Å²) >= 11 is 3.46. The molecule has 0 heterocycles. The maximum Gasteiger partial charge on any atom is 0.236 e. The number of benzene rings is 1. The molecule has 0 spiro atoms. The Balaban J connectivity index is 2.40. The van der Waals surface area contributed by atoms with Crippen LogP contribution in [0.1, 0.15) is 31.9 Å². The van der Waals surface area contributed by atoms with Crippen LogP contribution in [0.25, 0.3) is 0 Å². The first-order chi connectivity index (χ1) is 9.54. The van der Waals surface area contributed by atoms with Gasteiger partial charge >= 0.3 is 0 Å². The van der Waals surface area contributed by atoms with Crippen LogP contribution >= 0.6 is 15.9 Å². The van der Waals surface area contributed by atoms with E-state index in [1.807, 2.05) is 25.1 Å². The number of rotatable bonds is 8. The molecule has 112 valence electrons. The van der Waals surface area contributed by atoms with Gasteiger partial charge in [0.1, 0.15) is 0 Å². The molecule has 2 atom stereocenters. The van der Waals surface area contributed by atoms with Crippen LogP contribution in [0.4, 0.5) is 0 Å². The van der Waals surface area contributed by atoms with E-state index in [2.05, 4.69) is 39.6 Å². The molecule has 0 aromatic heterocycles. The van der Waals surface area contributed by atoms with Crippen molar-refractivity contribution in [1.82, 2.24) is 10.6 Å². The summed E-state index contributed by atoms with van der Waals surface area (Å²) in [6, 6.07) is 7.97. The van der Waals surface area contributed by atoms with E-state index in [4.69, 9.17) is 4.74 Å². The van der Waals surface area contributed by atoms with Crippen LogP contribution in [0.3, 0.4) is 0 Å². The first kappa shape index (κ1) is 17.1. The van der Waals surface area contributed by atoms with Crippen LogP contribution < -0.4 is 10.6 Å². The summed E-state index contributed by atoms with van der Waals surface area (Å²) < 4.78 is 5.99. The van der Waals surface area contributed by atoms with Gasteiger partial charge in [-0.15, -0.1) is 0 Å². The fraction of sp³-hybridized carbons (Fsp3) is 0.533. The summed E-state index contributed by atoms with van der Waals surface area (Å²) in [6.45, 7) is 5.23. The number of hydrogen-bond acceptors (Lipinski definition) is 3. The second kappa shape index (κ2) is 9.10. The van der Waals surface area contributed by atoms with Crippen molar-refractivity contribution in [1.29, 1.82) is 0 Å². The van der Waals surface area contributed by atoms with E-state index in [9.17, 15) is 4.79 Å². The Bertz CT molecular complexity index is 426. The lowest BCUT2D eigenvalue weighted by Gasteiger charge is -2.20. The lowest BCUT2D eigenvalue weighted by Crippen LogP contribution is -2.43. The zero-order valence-electron chi connectivity index (χ0n) is 12.3. The van der Waals surface area contributed by atoms with E-state index in [0.717, 1.165) is 16.5 Å². The van der Waals surface area contributed by atoms with Gasteiger partial charge in [-0.3, -0.25) is 10.1 Å². The van der Waals surface area contributed by atoms with Crippen molar-refractivity contribution in [2.75, 3.05) is 20.3 Å². The number of carbonyl (C=O) groups excluding carboxylic acids is 1. The second-order valence-corrected chi connectivity index (χ2v) is 5.72. The molecule has 0 fully saturated rings. The number of carbonyl (C=O) groups is 1. The van der Waals surface area contributed by atoms with Crippen molar-refractivity contribution < 1.29 is 9.53 Å². The van der Waals surface area contributed by atoms with Gasteiger partial charge in [-0.1, -0.05) is 28.1 Å². The van der Waals surface area contributed by atoms with Crippen molar-refractivity contribution in [3.05, 3.63) is 34.3 Å². The Kier molecular flexibility index (Phi) is 7.80. The second-order valence-electron chi connectivity index (χ2n) is 4.80. The fourth-order valence-electron chi connectivity index (χ4n) is 1.90. The largest absolute Gasteiger partial charge is 0.385 e. The Morgan fingerprint density at radius 1 is 1.40 bits per heavy atom. The molecule has 0 aliphatic carbocycles. The van der Waals surface area contributed by atoms with Crippen LogP contribution in [0, 0.1) is 0 Å². The molecule has 1 aromatic rings. The molecule has 0 radical (unpaired) electrons. The molecule has 2 unspecified atom stereocenters. The third-order valence-corrected chi connectivity index (χ3v) is 3.56. The van der Waals surface area contributed by atoms with E-state index in [0.29, 0.717) is 13.2 Å². The molecule has 1 amide bonds. The highest BCUT2D eigenvalue weighted by atomic mass is 79.9. The molecule has 0 bridgehead atoms. The lowest BCUT2D eigenvalue weighted by molar-refractivity contribution is -0.122. The zero-order valence-corrected chi connectivity index (χ0v) is 13.9. The average Bonchev–Trinajstić information content (AvgIpc) is 2.43. The van der Waals surface area contributed by atoms with Gasteiger partial charge in [0.25, 0.3) is 0 Å². The maximum absolute atomic E-state index is 11.9. The van der Waals surface area contributed by atoms with Crippen molar-refractivity contribution in [2.45, 2.75) is 32.4 Å². The summed E-state index contributed by atoms with van der Waals surface area (Å²) in [5.74, 6) is 0.0166. The van der Waals surface area contributed by atoms with Crippen LogP contribution in [-0.4, -0.2) is 32.2 Å². The molecular formula is C15H23BrN2O2. The summed E-state index contributed by atoms with van der Waals surface area (Å²) in [5.41, 5.74) is 1.15. The predicted octanol–water partition coefficient (Wildman–Crippen LogP) is 2.64. The van der Waals surface area contributed by atoms with Gasteiger partial charge in [-0.05, 0) is 38.0 Å². The fourth-order valence-corrected chi connectivity index (χ4v) is 2.32. The number of halogens is 1. The van der Waals surface area contributed by atoms with Crippen molar-refractivity contribution in [3.63, 3.8) is 0 Å². The number of hydrogen-bond donors (Lipinski definition) is 2. The SMILES string of the molecule is COCCCNC(=O)C(C)NC(C)c1cccc(Br)c1. The van der Waals surface area contributed by atoms with Crippen molar-refractivity contribution in [2.24, 2.45) is 0 Å². The summed E-state index contributed by atoms with van der Waals surface area (Å²) in [7, 11) is 1.66. The summed E-state index contributed by atoms with van der Waals surface area (Å²) in [4.78, 5) is 11.9. The highest BCUT2D eigenvalue weighted by molar-refractivity contribution is 9.10. The zero-order chi connectivity index (χ0) is 15.0. The van der Waals surface area contributed by atoms with Crippen molar-refractivity contribution in [3.8, 4) is 0 Å². The molecule has 0 aliphatic heterocycles. The topological polar surface area (TPSA) is 50.4 Å². The highest BCUT2D eigenvalue weighted by Gasteiger charge is 2.15. The number of nitrogens with one attached hydrogen (secondary N) is 2. The first-order valence-corrected chi connectivity index (χ1v) is 7.62. The molecular weight excluding hydrogens is 320 g/mol. The van der Waals surface area contributed by atoms with Crippen LogP contribution in [-0.2, 0) is 9.53 Å². The normalized spacial score (nSPS) is 13.8. The Hall–Kier alpha value is -0.910. The van der Waals surface area contributed by atoms with E-state index in [1.165, 1.54) is 0 Å². The van der Waals surface area contributed by atoms with Crippen LogP contribution in [0.5, 0.6) is 0 Å². The van der Waals surface area contributed by atoms with Crippen LogP contribution in [0.15, 0.2) is 28.7 Å². The smallest absolute Gasteiger partial charge is 0.236 e. The Morgan fingerprint density at radius 2 is 2.15 bits per heavy atom. The average molecular weight is 343 g/mol. The van der Waals surface area contributed by atoms with Crippen LogP contribution in [0.2, 0.25) is 0 Å². The molecule has 0 saturated heterocycles. The van der Waals surface area contributed by atoms with Gasteiger partial charge in [0.05, 0.1) is 6.04 Å². The number of methoxy groups -OCH3 is 1. The molecule has 1 aromatic carbocycles. The highest BCUT2D eigenvalue weighted by Crippen LogP contribution is 2.18. The predicted molar refractivity (Wildman–Crippen MR) is 84.7 cm³/mol. The van der Waals surface area contributed by atoms with Gasteiger partial charge in [0.2, 0.25) is 5.91 Å². The molecule has 0 saturated carbocycles.